The third kappa shape index (κ3) is 4.79. The van der Waals surface area contributed by atoms with Gasteiger partial charge < -0.3 is 11.1 Å². The summed E-state index contributed by atoms with van der Waals surface area (Å²) in [5.41, 5.74) is 5.90. The van der Waals surface area contributed by atoms with E-state index in [4.69, 9.17) is 5.73 Å². The van der Waals surface area contributed by atoms with Crippen LogP contribution < -0.4 is 11.1 Å². The molecule has 0 aliphatic heterocycles. The topological polar surface area (TPSA) is 106 Å². The number of nitrogens with two attached hydrogens (primary N) is 1. The van der Waals surface area contributed by atoms with E-state index in [1.54, 1.807) is 30.3 Å². The lowest BCUT2D eigenvalue weighted by molar-refractivity contribution is -0.127. The summed E-state index contributed by atoms with van der Waals surface area (Å²) in [6, 6.07) is 7.69. The maximum Gasteiger partial charge on any atom is 0.244 e. The number of hydrogen-bond acceptors (Lipinski definition) is 4. The zero-order valence-corrected chi connectivity index (χ0v) is 13.7. The fourth-order valence-corrected chi connectivity index (χ4v) is 4.70. The Kier molecular flexibility index (Phi) is 5.76. The normalized spacial score (nSPS) is 16.9. The quantitative estimate of drug-likeness (QED) is 0.775. The Morgan fingerprint density at radius 3 is 2.35 bits per heavy atom. The van der Waals surface area contributed by atoms with Crippen molar-refractivity contribution in [3.8, 4) is 0 Å². The summed E-state index contributed by atoms with van der Waals surface area (Å²) in [4.78, 5) is 23.5. The van der Waals surface area contributed by atoms with Gasteiger partial charge in [0.25, 0.3) is 0 Å². The van der Waals surface area contributed by atoms with E-state index in [-0.39, 0.29) is 17.4 Å². The van der Waals surface area contributed by atoms with Crippen molar-refractivity contribution < 1.29 is 18.0 Å². The third-order valence-corrected chi connectivity index (χ3v) is 6.41. The molecular formula is C16H22N2O4S. The predicted molar refractivity (Wildman–Crippen MR) is 87.2 cm³/mol. The van der Waals surface area contributed by atoms with Crippen LogP contribution in [0.1, 0.15) is 43.7 Å². The SMILES string of the molecule is NC(=O)C(NC(=O)CCS(=O)(=O)C1CCCC1)c1ccccc1. The molecule has 7 heteroatoms. The first-order valence-corrected chi connectivity index (χ1v) is 9.47. The second-order valence-electron chi connectivity index (χ2n) is 5.84. The molecule has 0 saturated heterocycles. The van der Waals surface area contributed by atoms with Crippen LogP contribution in [0.3, 0.4) is 0 Å². The minimum absolute atomic E-state index is 0.157. The van der Waals surface area contributed by atoms with Gasteiger partial charge in [-0.1, -0.05) is 43.2 Å². The second kappa shape index (κ2) is 7.59. The number of benzene rings is 1. The largest absolute Gasteiger partial charge is 0.368 e. The average Bonchev–Trinajstić information content (AvgIpc) is 3.06. The summed E-state index contributed by atoms with van der Waals surface area (Å²) in [5.74, 6) is -1.36. The van der Waals surface area contributed by atoms with Crippen molar-refractivity contribution in [2.24, 2.45) is 5.73 Å². The lowest BCUT2D eigenvalue weighted by Crippen LogP contribution is -2.38. The third-order valence-electron chi connectivity index (χ3n) is 4.15. The Labute approximate surface area is 136 Å². The minimum Gasteiger partial charge on any atom is -0.368 e. The molecule has 3 N–H and O–H groups in total. The van der Waals surface area contributed by atoms with E-state index in [0.717, 1.165) is 12.8 Å². The fraction of sp³-hybridized carbons (Fsp3) is 0.500. The average molecular weight is 338 g/mol. The van der Waals surface area contributed by atoms with Crippen molar-refractivity contribution in [2.75, 3.05) is 5.75 Å². The number of amides is 2. The van der Waals surface area contributed by atoms with E-state index >= 15 is 0 Å². The summed E-state index contributed by atoms with van der Waals surface area (Å²) in [6.07, 6.45) is 3.05. The first-order valence-electron chi connectivity index (χ1n) is 7.75. The van der Waals surface area contributed by atoms with Crippen molar-refractivity contribution in [1.29, 1.82) is 0 Å². The van der Waals surface area contributed by atoms with Gasteiger partial charge in [0.2, 0.25) is 11.8 Å². The van der Waals surface area contributed by atoms with Crippen molar-refractivity contribution in [3.05, 3.63) is 35.9 Å². The minimum atomic E-state index is -3.25. The maximum atomic E-state index is 12.2. The monoisotopic (exact) mass is 338 g/mol. The van der Waals surface area contributed by atoms with Gasteiger partial charge in [0, 0.05) is 6.42 Å². The van der Waals surface area contributed by atoms with Crippen LogP contribution in [0.25, 0.3) is 0 Å². The molecule has 1 atom stereocenters. The number of sulfone groups is 1. The molecule has 1 aliphatic carbocycles. The highest BCUT2D eigenvalue weighted by Crippen LogP contribution is 2.25. The highest BCUT2D eigenvalue weighted by atomic mass is 32.2. The van der Waals surface area contributed by atoms with Crippen LogP contribution >= 0.6 is 0 Å². The van der Waals surface area contributed by atoms with Crippen LogP contribution in [-0.2, 0) is 19.4 Å². The van der Waals surface area contributed by atoms with Gasteiger partial charge in [0.1, 0.15) is 6.04 Å². The van der Waals surface area contributed by atoms with Gasteiger partial charge in [-0.25, -0.2) is 8.42 Å². The zero-order valence-electron chi connectivity index (χ0n) is 12.9. The van der Waals surface area contributed by atoms with E-state index in [0.29, 0.717) is 18.4 Å². The molecule has 2 rings (SSSR count). The molecule has 1 aromatic carbocycles. The molecule has 1 aromatic rings. The Bertz CT molecular complexity index is 652. The summed E-state index contributed by atoms with van der Waals surface area (Å²) < 4.78 is 24.3. The molecule has 23 heavy (non-hydrogen) atoms. The molecule has 0 spiro atoms. The molecule has 0 heterocycles. The van der Waals surface area contributed by atoms with Gasteiger partial charge >= 0.3 is 0 Å². The van der Waals surface area contributed by atoms with E-state index in [1.807, 2.05) is 0 Å². The number of rotatable bonds is 7. The van der Waals surface area contributed by atoms with E-state index in [9.17, 15) is 18.0 Å². The highest BCUT2D eigenvalue weighted by molar-refractivity contribution is 7.92. The maximum absolute atomic E-state index is 12.2. The van der Waals surface area contributed by atoms with Crippen LogP contribution in [0.2, 0.25) is 0 Å². The standard InChI is InChI=1S/C16H22N2O4S/c17-16(20)15(12-6-2-1-3-7-12)18-14(19)10-11-23(21,22)13-8-4-5-9-13/h1-3,6-7,13,15H,4-5,8-11H2,(H2,17,20)(H,18,19). The fourth-order valence-electron chi connectivity index (χ4n) is 2.85. The van der Waals surface area contributed by atoms with Crippen molar-refractivity contribution in [1.82, 2.24) is 5.32 Å². The van der Waals surface area contributed by atoms with Crippen molar-refractivity contribution in [2.45, 2.75) is 43.4 Å². The first-order chi connectivity index (χ1) is 10.9. The Morgan fingerprint density at radius 2 is 1.78 bits per heavy atom. The van der Waals surface area contributed by atoms with E-state index < -0.39 is 27.7 Å². The number of carbonyl (C=O) groups is 2. The summed E-state index contributed by atoms with van der Waals surface area (Å²) in [6.45, 7) is 0. The second-order valence-corrected chi connectivity index (χ2v) is 8.24. The molecule has 1 aliphatic rings. The summed E-state index contributed by atoms with van der Waals surface area (Å²) >= 11 is 0. The van der Waals surface area contributed by atoms with Gasteiger partial charge in [0.15, 0.2) is 9.84 Å². The van der Waals surface area contributed by atoms with Crippen molar-refractivity contribution >= 4 is 21.7 Å². The van der Waals surface area contributed by atoms with Crippen LogP contribution in [-0.4, -0.2) is 31.2 Å². The lowest BCUT2D eigenvalue weighted by atomic mass is 10.1. The van der Waals surface area contributed by atoms with Gasteiger partial charge in [-0.3, -0.25) is 9.59 Å². The number of carbonyl (C=O) groups excluding carboxylic acids is 2. The van der Waals surface area contributed by atoms with Gasteiger partial charge in [-0.05, 0) is 18.4 Å². The molecule has 1 unspecified atom stereocenters. The number of hydrogen-bond donors (Lipinski definition) is 2. The Morgan fingerprint density at radius 1 is 1.17 bits per heavy atom. The number of primary amides is 1. The summed E-state index contributed by atoms with van der Waals surface area (Å²) in [5, 5.41) is 2.20. The molecule has 126 valence electrons. The van der Waals surface area contributed by atoms with Crippen LogP contribution in [0.15, 0.2) is 30.3 Å². The summed E-state index contributed by atoms with van der Waals surface area (Å²) in [7, 11) is -3.25. The lowest BCUT2D eigenvalue weighted by Gasteiger charge is -2.16. The van der Waals surface area contributed by atoms with Gasteiger partial charge in [0.05, 0.1) is 11.0 Å². The molecule has 1 saturated carbocycles. The predicted octanol–water partition coefficient (Wildman–Crippen LogP) is 1.08. The van der Waals surface area contributed by atoms with E-state index in [2.05, 4.69) is 5.32 Å². The van der Waals surface area contributed by atoms with Gasteiger partial charge in [-0.15, -0.1) is 0 Å². The van der Waals surface area contributed by atoms with Crippen LogP contribution in [0.5, 0.6) is 0 Å². The van der Waals surface area contributed by atoms with Crippen LogP contribution in [0, 0.1) is 0 Å². The first kappa shape index (κ1) is 17.5. The molecule has 6 nitrogen and oxygen atoms in total. The molecule has 1 fully saturated rings. The molecular weight excluding hydrogens is 316 g/mol. The highest BCUT2D eigenvalue weighted by Gasteiger charge is 2.29. The van der Waals surface area contributed by atoms with Gasteiger partial charge in [-0.2, -0.15) is 0 Å². The molecule has 0 aromatic heterocycles. The van der Waals surface area contributed by atoms with E-state index in [1.165, 1.54) is 0 Å². The zero-order chi connectivity index (χ0) is 16.9. The Balaban J connectivity index is 1.93. The molecule has 0 bridgehead atoms. The number of nitrogens with one attached hydrogen (secondary N) is 1. The van der Waals surface area contributed by atoms with Crippen molar-refractivity contribution in [3.63, 3.8) is 0 Å². The molecule has 2 amide bonds. The molecule has 0 radical (unpaired) electrons. The Hall–Kier alpha value is -1.89. The smallest absolute Gasteiger partial charge is 0.244 e. The van der Waals surface area contributed by atoms with Crippen LogP contribution in [0.4, 0.5) is 0 Å².